The highest BCUT2D eigenvalue weighted by Gasteiger charge is 2.29. The Morgan fingerprint density at radius 3 is 2.56 bits per heavy atom. The summed E-state index contributed by atoms with van der Waals surface area (Å²) < 4.78 is 15.9. The van der Waals surface area contributed by atoms with E-state index in [1.54, 1.807) is 39.5 Å². The molecule has 0 spiro atoms. The predicted octanol–water partition coefficient (Wildman–Crippen LogP) is 3.96. The number of carbonyl (C=O) groups is 2. The van der Waals surface area contributed by atoms with Gasteiger partial charge in [-0.25, -0.2) is 9.97 Å². The molecule has 41 heavy (non-hydrogen) atoms. The maximum atomic E-state index is 13.1. The van der Waals surface area contributed by atoms with E-state index in [1.807, 2.05) is 42.2 Å². The number of methoxy groups -OCH3 is 3. The molecule has 0 aliphatic carbocycles. The van der Waals surface area contributed by atoms with E-state index >= 15 is 0 Å². The van der Waals surface area contributed by atoms with Crippen LogP contribution in [0.1, 0.15) is 22.8 Å². The quantitative estimate of drug-likeness (QED) is 0.199. The number of nitrogens with zero attached hydrogens (tertiary/aromatic N) is 4. The zero-order valence-corrected chi connectivity index (χ0v) is 25.1. The van der Waals surface area contributed by atoms with E-state index in [0.717, 1.165) is 5.56 Å². The molecule has 1 saturated heterocycles. The Balaban J connectivity index is 1.29. The zero-order chi connectivity index (χ0) is 29.4. The van der Waals surface area contributed by atoms with Gasteiger partial charge in [0, 0.05) is 43.9 Å². The predicted molar refractivity (Wildman–Crippen MR) is 160 cm³/mol. The van der Waals surface area contributed by atoms with Crippen LogP contribution in [-0.4, -0.2) is 86.0 Å². The lowest BCUT2D eigenvalue weighted by molar-refractivity contribution is -0.118. The maximum Gasteiger partial charge on any atom is 0.254 e. The highest BCUT2D eigenvalue weighted by Crippen LogP contribution is 2.28. The minimum atomic E-state index is -0.126. The number of piperazine rings is 1. The average Bonchev–Trinajstić information content (AvgIpc) is 2.99. The van der Waals surface area contributed by atoms with Crippen LogP contribution in [-0.2, 0) is 11.2 Å². The summed E-state index contributed by atoms with van der Waals surface area (Å²) in [4.78, 5) is 38.5. The van der Waals surface area contributed by atoms with Gasteiger partial charge < -0.3 is 29.3 Å². The van der Waals surface area contributed by atoms with Crippen molar-refractivity contribution in [2.75, 3.05) is 58.2 Å². The molecule has 218 valence electrons. The summed E-state index contributed by atoms with van der Waals surface area (Å²) in [5.74, 6) is 2.63. The topological polar surface area (TPSA) is 106 Å². The van der Waals surface area contributed by atoms with Gasteiger partial charge in [0.2, 0.25) is 5.91 Å². The van der Waals surface area contributed by atoms with E-state index in [1.165, 1.54) is 11.8 Å². The van der Waals surface area contributed by atoms with Crippen LogP contribution < -0.4 is 24.4 Å². The van der Waals surface area contributed by atoms with Crippen molar-refractivity contribution in [2.24, 2.45) is 0 Å². The van der Waals surface area contributed by atoms with Gasteiger partial charge in [-0.1, -0.05) is 35.5 Å². The second-order valence-corrected chi connectivity index (χ2v) is 10.8. The summed E-state index contributed by atoms with van der Waals surface area (Å²) in [7, 11) is 4.77. The molecule has 12 heteroatoms. The van der Waals surface area contributed by atoms with Gasteiger partial charge in [0.25, 0.3) is 5.91 Å². The molecule has 0 bridgehead atoms. The first-order chi connectivity index (χ1) is 19.8. The Kier molecular flexibility index (Phi) is 10.5. The third-order valence-corrected chi connectivity index (χ3v) is 7.75. The SMILES string of the molecule is COc1cccc(C(=O)N2CCN(c3cc(Cl)nc(SCC(=O)NCCc4ccc(OC)c(OC)c4)n3)CC2C)c1. The van der Waals surface area contributed by atoms with E-state index in [0.29, 0.717) is 71.5 Å². The fourth-order valence-corrected chi connectivity index (χ4v) is 5.48. The summed E-state index contributed by atoms with van der Waals surface area (Å²) in [5.41, 5.74) is 1.62. The lowest BCUT2D eigenvalue weighted by Crippen LogP contribution is -2.54. The van der Waals surface area contributed by atoms with E-state index in [4.69, 9.17) is 25.8 Å². The van der Waals surface area contributed by atoms with Gasteiger partial charge in [0.15, 0.2) is 16.7 Å². The molecule has 1 unspecified atom stereocenters. The van der Waals surface area contributed by atoms with Crippen LogP contribution in [0.5, 0.6) is 17.2 Å². The number of carbonyl (C=O) groups excluding carboxylic acids is 2. The van der Waals surface area contributed by atoms with Crippen LogP contribution in [0.4, 0.5) is 5.82 Å². The Hall–Kier alpha value is -3.70. The van der Waals surface area contributed by atoms with Gasteiger partial charge in [-0.05, 0) is 49.2 Å². The largest absolute Gasteiger partial charge is 0.497 e. The Bertz CT molecular complexity index is 1380. The second-order valence-electron chi connectivity index (χ2n) is 9.43. The zero-order valence-electron chi connectivity index (χ0n) is 23.6. The molecule has 4 rings (SSSR count). The van der Waals surface area contributed by atoms with Crippen molar-refractivity contribution in [1.29, 1.82) is 0 Å². The van der Waals surface area contributed by atoms with Crippen molar-refractivity contribution in [3.63, 3.8) is 0 Å². The second kappa shape index (κ2) is 14.3. The smallest absolute Gasteiger partial charge is 0.254 e. The lowest BCUT2D eigenvalue weighted by atomic mass is 10.1. The fraction of sp³-hybridized carbons (Fsp3) is 0.379. The number of amides is 2. The van der Waals surface area contributed by atoms with Crippen LogP contribution in [0.15, 0.2) is 53.7 Å². The highest BCUT2D eigenvalue weighted by atomic mass is 35.5. The minimum absolute atomic E-state index is 0.0369. The van der Waals surface area contributed by atoms with Crippen LogP contribution in [0, 0.1) is 0 Å². The van der Waals surface area contributed by atoms with Gasteiger partial charge in [0.05, 0.1) is 27.1 Å². The summed E-state index contributed by atoms with van der Waals surface area (Å²) in [6.45, 7) is 4.20. The number of anilines is 1. The number of hydrogen-bond donors (Lipinski definition) is 1. The van der Waals surface area contributed by atoms with Crippen molar-refractivity contribution in [1.82, 2.24) is 20.2 Å². The van der Waals surface area contributed by atoms with E-state index in [9.17, 15) is 9.59 Å². The Labute approximate surface area is 249 Å². The molecule has 1 atom stereocenters. The molecule has 1 N–H and O–H groups in total. The Morgan fingerprint density at radius 1 is 1.02 bits per heavy atom. The fourth-order valence-electron chi connectivity index (χ4n) is 4.56. The number of thioether (sulfide) groups is 1. The molecule has 1 aliphatic rings. The van der Waals surface area contributed by atoms with Crippen LogP contribution in [0.2, 0.25) is 5.15 Å². The monoisotopic (exact) mass is 599 g/mol. The molecule has 2 aromatic carbocycles. The molecule has 0 radical (unpaired) electrons. The number of rotatable bonds is 11. The minimum Gasteiger partial charge on any atom is -0.497 e. The number of nitrogens with one attached hydrogen (secondary N) is 1. The summed E-state index contributed by atoms with van der Waals surface area (Å²) in [6, 6.07) is 14.5. The van der Waals surface area contributed by atoms with Gasteiger partial charge in [-0.15, -0.1) is 0 Å². The van der Waals surface area contributed by atoms with E-state index in [2.05, 4.69) is 20.2 Å². The van der Waals surface area contributed by atoms with Crippen LogP contribution in [0.25, 0.3) is 0 Å². The van der Waals surface area contributed by atoms with Gasteiger partial charge in [-0.3, -0.25) is 9.59 Å². The molecule has 2 heterocycles. The molecule has 1 fully saturated rings. The normalized spacial score (nSPS) is 14.9. The number of benzene rings is 2. The third kappa shape index (κ3) is 7.95. The molecule has 0 saturated carbocycles. The van der Waals surface area contributed by atoms with Crippen molar-refractivity contribution >= 4 is 41.0 Å². The summed E-state index contributed by atoms with van der Waals surface area (Å²) in [6.07, 6.45) is 0.652. The highest BCUT2D eigenvalue weighted by molar-refractivity contribution is 7.99. The van der Waals surface area contributed by atoms with Gasteiger partial charge >= 0.3 is 0 Å². The molecule has 10 nitrogen and oxygen atoms in total. The van der Waals surface area contributed by atoms with Gasteiger partial charge in [-0.2, -0.15) is 0 Å². The first-order valence-corrected chi connectivity index (χ1v) is 14.5. The van der Waals surface area contributed by atoms with Crippen molar-refractivity contribution in [2.45, 2.75) is 24.5 Å². The molecule has 3 aromatic rings. The average molecular weight is 600 g/mol. The first kappa shape index (κ1) is 30.3. The van der Waals surface area contributed by atoms with E-state index < -0.39 is 0 Å². The lowest BCUT2D eigenvalue weighted by Gasteiger charge is -2.40. The first-order valence-electron chi connectivity index (χ1n) is 13.2. The molecular weight excluding hydrogens is 566 g/mol. The van der Waals surface area contributed by atoms with Crippen LogP contribution >= 0.6 is 23.4 Å². The van der Waals surface area contributed by atoms with Crippen LogP contribution in [0.3, 0.4) is 0 Å². The number of ether oxygens (including phenoxy) is 3. The molecule has 2 amide bonds. The number of hydrogen-bond acceptors (Lipinski definition) is 9. The van der Waals surface area contributed by atoms with Gasteiger partial charge in [0.1, 0.15) is 16.7 Å². The number of halogens is 1. The van der Waals surface area contributed by atoms with E-state index in [-0.39, 0.29) is 23.6 Å². The Morgan fingerprint density at radius 2 is 1.83 bits per heavy atom. The summed E-state index contributed by atoms with van der Waals surface area (Å²) in [5, 5.41) is 3.65. The summed E-state index contributed by atoms with van der Waals surface area (Å²) >= 11 is 7.55. The van der Waals surface area contributed by atoms with Crippen molar-refractivity contribution < 1.29 is 23.8 Å². The molecular formula is C29H34ClN5O5S. The molecule has 1 aliphatic heterocycles. The third-order valence-electron chi connectivity index (χ3n) is 6.71. The molecule has 1 aromatic heterocycles. The maximum absolute atomic E-state index is 13.1. The van der Waals surface area contributed by atoms with Crippen molar-refractivity contribution in [3.8, 4) is 17.2 Å². The number of aromatic nitrogens is 2. The van der Waals surface area contributed by atoms with Crippen molar-refractivity contribution in [3.05, 3.63) is 64.8 Å². The standard InChI is InChI=1S/C29H34ClN5O5S/c1-19-17-34(12-13-35(19)28(37)21-6-5-7-22(15-21)38-2)26-16-25(30)32-29(33-26)41-18-27(36)31-11-10-20-8-9-23(39-3)24(14-20)40-4/h5-9,14-16,19H,10-13,17-18H2,1-4H3,(H,31,36).